The summed E-state index contributed by atoms with van der Waals surface area (Å²) < 4.78 is 34.0. The summed E-state index contributed by atoms with van der Waals surface area (Å²) in [6.07, 6.45) is 3.77. The molecule has 2 heterocycles. The highest BCUT2D eigenvalue weighted by Gasteiger charge is 2.32. The number of ether oxygens (including phenoxy) is 1. The van der Waals surface area contributed by atoms with Gasteiger partial charge < -0.3 is 10.1 Å². The Morgan fingerprint density at radius 2 is 2.05 bits per heavy atom. The first-order valence-corrected chi connectivity index (χ1v) is 8.70. The van der Waals surface area contributed by atoms with Crippen LogP contribution in [-0.4, -0.2) is 61.4 Å². The largest absolute Gasteiger partial charge is 0.373 e. The van der Waals surface area contributed by atoms with E-state index in [4.69, 9.17) is 4.74 Å². The lowest BCUT2D eigenvalue weighted by molar-refractivity contribution is -0.0440. The van der Waals surface area contributed by atoms with Crippen molar-refractivity contribution in [3.05, 3.63) is 12.4 Å². The van der Waals surface area contributed by atoms with Crippen molar-refractivity contribution >= 4 is 10.0 Å². The fraction of sp³-hybridized carbons (Fsp3) is 0.769. The van der Waals surface area contributed by atoms with Crippen molar-refractivity contribution in [1.29, 1.82) is 0 Å². The Hall–Kier alpha value is -0.960. The minimum atomic E-state index is -3.48. The van der Waals surface area contributed by atoms with E-state index in [1.165, 1.54) is 10.5 Å². The summed E-state index contributed by atoms with van der Waals surface area (Å²) in [5, 5.41) is 7.19. The van der Waals surface area contributed by atoms with Crippen LogP contribution < -0.4 is 5.32 Å². The van der Waals surface area contributed by atoms with Crippen LogP contribution in [0.4, 0.5) is 0 Å². The maximum atomic E-state index is 12.6. The van der Waals surface area contributed by atoms with Crippen LogP contribution in [0, 0.1) is 0 Å². The molecule has 1 N–H and O–H groups in total. The van der Waals surface area contributed by atoms with Crippen molar-refractivity contribution in [2.45, 2.75) is 43.9 Å². The van der Waals surface area contributed by atoms with Gasteiger partial charge in [0.2, 0.25) is 10.0 Å². The van der Waals surface area contributed by atoms with Crippen LogP contribution in [0.1, 0.15) is 20.3 Å². The molecule has 8 heteroatoms. The minimum absolute atomic E-state index is 0.0887. The predicted octanol–water partition coefficient (Wildman–Crippen LogP) is 0.291. The van der Waals surface area contributed by atoms with E-state index in [-0.39, 0.29) is 17.1 Å². The second-order valence-electron chi connectivity index (χ2n) is 5.48. The van der Waals surface area contributed by atoms with Crippen molar-refractivity contribution in [3.63, 3.8) is 0 Å². The Morgan fingerprint density at radius 1 is 1.38 bits per heavy atom. The molecule has 0 amide bonds. The Balaban J connectivity index is 2.08. The molecule has 1 aromatic heterocycles. The Kier molecular flexibility index (Phi) is 5.37. The molecule has 0 aliphatic carbocycles. The SMILES string of the molecule is CNCCCn1cc(S(=O)(=O)N2C[C@@H](C)O[C@@H](C)C2)cn1. The summed E-state index contributed by atoms with van der Waals surface area (Å²) >= 11 is 0. The highest BCUT2D eigenvalue weighted by atomic mass is 32.2. The van der Waals surface area contributed by atoms with Crippen LogP contribution in [0.3, 0.4) is 0 Å². The molecule has 0 bridgehead atoms. The average molecular weight is 316 g/mol. The van der Waals surface area contributed by atoms with Gasteiger partial charge in [-0.1, -0.05) is 0 Å². The smallest absolute Gasteiger partial charge is 0.246 e. The fourth-order valence-electron chi connectivity index (χ4n) is 2.49. The van der Waals surface area contributed by atoms with E-state index in [0.717, 1.165) is 13.0 Å². The first-order chi connectivity index (χ1) is 9.93. The Labute approximate surface area is 126 Å². The number of hydrogen-bond donors (Lipinski definition) is 1. The third kappa shape index (κ3) is 4.03. The van der Waals surface area contributed by atoms with Gasteiger partial charge >= 0.3 is 0 Å². The summed E-state index contributed by atoms with van der Waals surface area (Å²) in [4.78, 5) is 0.258. The molecule has 0 radical (unpaired) electrons. The first-order valence-electron chi connectivity index (χ1n) is 7.26. The summed E-state index contributed by atoms with van der Waals surface area (Å²) in [5.41, 5.74) is 0. The van der Waals surface area contributed by atoms with E-state index in [1.54, 1.807) is 10.9 Å². The van der Waals surface area contributed by atoms with E-state index in [2.05, 4.69) is 10.4 Å². The van der Waals surface area contributed by atoms with Gasteiger partial charge in [-0.15, -0.1) is 0 Å². The number of nitrogens with one attached hydrogen (secondary N) is 1. The molecule has 1 fully saturated rings. The highest BCUT2D eigenvalue weighted by Crippen LogP contribution is 2.20. The number of hydrogen-bond acceptors (Lipinski definition) is 5. The van der Waals surface area contributed by atoms with Gasteiger partial charge in [0.25, 0.3) is 0 Å². The van der Waals surface area contributed by atoms with Crippen LogP contribution in [0.15, 0.2) is 17.3 Å². The maximum Gasteiger partial charge on any atom is 0.246 e. The maximum absolute atomic E-state index is 12.6. The molecule has 1 saturated heterocycles. The third-order valence-corrected chi connectivity index (χ3v) is 5.23. The second kappa shape index (κ2) is 6.87. The highest BCUT2D eigenvalue weighted by molar-refractivity contribution is 7.89. The number of aromatic nitrogens is 2. The van der Waals surface area contributed by atoms with E-state index in [0.29, 0.717) is 19.6 Å². The van der Waals surface area contributed by atoms with Gasteiger partial charge in [-0.25, -0.2) is 8.42 Å². The molecule has 0 unspecified atom stereocenters. The topological polar surface area (TPSA) is 76.5 Å². The summed E-state index contributed by atoms with van der Waals surface area (Å²) in [6, 6.07) is 0. The standard InChI is InChI=1S/C13H24N4O3S/c1-11-8-17(9-12(2)20-11)21(18,19)13-7-15-16(10-13)6-4-5-14-3/h7,10-12,14H,4-6,8-9H2,1-3H3/t11-,12+. The van der Waals surface area contributed by atoms with Crippen LogP contribution in [0.5, 0.6) is 0 Å². The fourth-order valence-corrected chi connectivity index (χ4v) is 4.04. The third-order valence-electron chi connectivity index (χ3n) is 3.45. The van der Waals surface area contributed by atoms with Crippen LogP contribution in [0.25, 0.3) is 0 Å². The second-order valence-corrected chi connectivity index (χ2v) is 7.41. The van der Waals surface area contributed by atoms with Crippen molar-refractivity contribution < 1.29 is 13.2 Å². The van der Waals surface area contributed by atoms with Crippen LogP contribution >= 0.6 is 0 Å². The normalized spacial score (nSPS) is 24.3. The van der Waals surface area contributed by atoms with Crippen molar-refractivity contribution in [2.24, 2.45) is 0 Å². The van der Waals surface area contributed by atoms with Gasteiger partial charge in [0, 0.05) is 25.8 Å². The number of nitrogens with zero attached hydrogens (tertiary/aromatic N) is 3. The van der Waals surface area contributed by atoms with Crippen molar-refractivity contribution in [3.8, 4) is 0 Å². The summed E-state index contributed by atoms with van der Waals surface area (Å²) in [7, 11) is -1.59. The number of rotatable bonds is 6. The molecule has 0 spiro atoms. The minimum Gasteiger partial charge on any atom is -0.373 e. The molecule has 2 atom stereocenters. The quantitative estimate of drug-likeness (QED) is 0.764. The van der Waals surface area contributed by atoms with Crippen LogP contribution in [0.2, 0.25) is 0 Å². The molecule has 1 aliphatic heterocycles. The van der Waals surface area contributed by atoms with Gasteiger partial charge in [0.05, 0.1) is 18.4 Å². The molecule has 0 aromatic carbocycles. The van der Waals surface area contributed by atoms with E-state index >= 15 is 0 Å². The van der Waals surface area contributed by atoms with Crippen molar-refractivity contribution in [1.82, 2.24) is 19.4 Å². The van der Waals surface area contributed by atoms with Gasteiger partial charge in [0.15, 0.2) is 0 Å². The monoisotopic (exact) mass is 316 g/mol. The van der Waals surface area contributed by atoms with Gasteiger partial charge in [-0.05, 0) is 33.9 Å². The van der Waals surface area contributed by atoms with Gasteiger partial charge in [-0.2, -0.15) is 9.40 Å². The molecule has 21 heavy (non-hydrogen) atoms. The predicted molar refractivity (Wildman–Crippen MR) is 79.5 cm³/mol. The van der Waals surface area contributed by atoms with Crippen LogP contribution in [-0.2, 0) is 21.3 Å². The van der Waals surface area contributed by atoms with Gasteiger partial charge in [0.1, 0.15) is 4.90 Å². The average Bonchev–Trinajstić information content (AvgIpc) is 2.87. The molecule has 1 aromatic rings. The lowest BCUT2D eigenvalue weighted by Gasteiger charge is -2.34. The zero-order chi connectivity index (χ0) is 15.5. The molecular formula is C13H24N4O3S. The lowest BCUT2D eigenvalue weighted by Crippen LogP contribution is -2.48. The Bertz CT molecular complexity index is 548. The number of aryl methyl sites for hydroxylation is 1. The molecule has 120 valence electrons. The van der Waals surface area contributed by atoms with E-state index in [9.17, 15) is 8.42 Å². The zero-order valence-electron chi connectivity index (χ0n) is 12.8. The summed E-state index contributed by atoms with van der Waals surface area (Å²) in [6.45, 7) is 6.13. The molecule has 2 rings (SSSR count). The first kappa shape index (κ1) is 16.4. The molecule has 1 aliphatic rings. The number of sulfonamides is 1. The Morgan fingerprint density at radius 3 is 2.67 bits per heavy atom. The summed E-state index contributed by atoms with van der Waals surface area (Å²) in [5.74, 6) is 0. The number of morpholine rings is 1. The molecular weight excluding hydrogens is 292 g/mol. The molecule has 7 nitrogen and oxygen atoms in total. The molecule has 0 saturated carbocycles. The lowest BCUT2D eigenvalue weighted by atomic mass is 10.3. The van der Waals surface area contributed by atoms with E-state index in [1.807, 2.05) is 20.9 Å². The van der Waals surface area contributed by atoms with Crippen molar-refractivity contribution in [2.75, 3.05) is 26.7 Å². The zero-order valence-corrected chi connectivity index (χ0v) is 13.6. The van der Waals surface area contributed by atoms with Gasteiger partial charge in [-0.3, -0.25) is 4.68 Å². The van der Waals surface area contributed by atoms with E-state index < -0.39 is 10.0 Å².